The maximum absolute atomic E-state index is 15.9. The fourth-order valence-corrected chi connectivity index (χ4v) is 12.6. The molecule has 2 fully saturated rings. The van der Waals surface area contributed by atoms with Gasteiger partial charge in [0.05, 0.1) is 18.3 Å². The molecule has 4 rings (SSSR count). The van der Waals surface area contributed by atoms with Crippen molar-refractivity contribution in [1.29, 1.82) is 0 Å². The lowest BCUT2D eigenvalue weighted by Gasteiger charge is -2.55. The predicted molar refractivity (Wildman–Crippen MR) is 288 cm³/mol. The summed E-state index contributed by atoms with van der Waals surface area (Å²) in [4.78, 5) is 48.3. The van der Waals surface area contributed by atoms with Crippen molar-refractivity contribution in [2.75, 3.05) is 6.54 Å². The average molecular weight is 973 g/mol. The number of rotatable bonds is 20. The predicted octanol–water partition coefficient (Wildman–Crippen LogP) is 13.9. The molecule has 2 aromatic rings. The van der Waals surface area contributed by atoms with Crippen LogP contribution in [0.4, 0.5) is 0 Å². The van der Waals surface area contributed by atoms with Gasteiger partial charge in [-0.2, -0.15) is 0 Å². The Morgan fingerprint density at radius 1 is 0.657 bits per heavy atom. The number of likely N-dealkylation sites (tertiary alicyclic amines) is 1. The van der Waals surface area contributed by atoms with E-state index < -0.39 is 23.5 Å². The first-order valence-electron chi connectivity index (χ1n) is 27.1. The lowest BCUT2D eigenvalue weighted by atomic mass is 9.69. The Morgan fingerprint density at radius 2 is 1.14 bits per heavy atom. The molecule has 2 aliphatic heterocycles. The van der Waals surface area contributed by atoms with Crippen LogP contribution in [0, 0.1) is 19.3 Å². The molecule has 0 saturated carbocycles. The molecule has 396 valence electrons. The first-order valence-corrected chi connectivity index (χ1v) is 27.1. The molecule has 0 spiro atoms. The van der Waals surface area contributed by atoms with Gasteiger partial charge in [0.25, 0.3) is 0 Å². The van der Waals surface area contributed by atoms with E-state index in [0.717, 1.165) is 84.0 Å². The SMILES string of the molecule is CCCCCCC(C)(C)c1cc(CC(CC(=O)OC2CC(C)(C)NC(C)(C)C2)(CC(=O)OC2CC(C)(C)N(CCC)C(C)(C)C2)C(=O)CCc2cc(C(C)(C)C)c(O)c(C(C)(C)C)c2)c(C)c(C)c1O. The number of phenols is 2. The Balaban J connectivity index is 1.93. The Bertz CT molecular complexity index is 2100. The van der Waals surface area contributed by atoms with Crippen molar-refractivity contribution in [3.8, 4) is 11.5 Å². The van der Waals surface area contributed by atoms with Gasteiger partial charge in [0.15, 0.2) is 0 Å². The molecule has 0 bridgehead atoms. The first kappa shape index (κ1) is 59.1. The van der Waals surface area contributed by atoms with Gasteiger partial charge >= 0.3 is 11.9 Å². The highest BCUT2D eigenvalue weighted by Gasteiger charge is 2.49. The molecule has 3 N–H and O–H groups in total. The molecule has 1 unspecified atom stereocenters. The van der Waals surface area contributed by atoms with Crippen LogP contribution in [0.1, 0.15) is 247 Å². The zero-order valence-corrected chi connectivity index (χ0v) is 48.1. The van der Waals surface area contributed by atoms with Gasteiger partial charge in [-0.25, -0.2) is 0 Å². The van der Waals surface area contributed by atoms with Gasteiger partial charge in [-0.1, -0.05) is 113 Å². The van der Waals surface area contributed by atoms with Crippen LogP contribution < -0.4 is 5.32 Å². The zero-order chi connectivity index (χ0) is 53.2. The molecule has 70 heavy (non-hydrogen) atoms. The number of ether oxygens (including phenoxy) is 2. The number of benzene rings is 2. The topological polar surface area (TPSA) is 125 Å². The maximum atomic E-state index is 15.9. The summed E-state index contributed by atoms with van der Waals surface area (Å²) in [5.41, 5.74) is 2.00. The van der Waals surface area contributed by atoms with Crippen LogP contribution in [-0.2, 0) is 52.9 Å². The molecule has 0 aromatic heterocycles. The van der Waals surface area contributed by atoms with Gasteiger partial charge in [-0.15, -0.1) is 0 Å². The molecule has 2 aromatic carbocycles. The Morgan fingerprint density at radius 3 is 1.60 bits per heavy atom. The smallest absolute Gasteiger partial charge is 0.307 e. The average Bonchev–Trinajstić information content (AvgIpc) is 3.17. The number of piperidine rings is 2. The summed E-state index contributed by atoms with van der Waals surface area (Å²) >= 11 is 0. The van der Waals surface area contributed by atoms with Crippen molar-refractivity contribution < 1.29 is 34.1 Å². The number of phenolic OH excluding ortho intramolecular Hbond substituents is 2. The van der Waals surface area contributed by atoms with Gasteiger partial charge in [-0.05, 0) is 151 Å². The fraction of sp³-hybridized carbons (Fsp3) is 0.754. The number of esters is 2. The third-order valence-corrected chi connectivity index (χ3v) is 16.0. The third kappa shape index (κ3) is 14.8. The largest absolute Gasteiger partial charge is 0.507 e. The Kier molecular flexibility index (Phi) is 18.6. The molecule has 0 radical (unpaired) electrons. The van der Waals surface area contributed by atoms with Gasteiger partial charge in [0, 0.05) is 59.8 Å². The second kappa shape index (κ2) is 22.0. The molecule has 9 nitrogen and oxygen atoms in total. The molecule has 2 heterocycles. The lowest BCUT2D eigenvalue weighted by Crippen LogP contribution is -2.62. The number of hydrogen-bond acceptors (Lipinski definition) is 9. The summed E-state index contributed by atoms with van der Waals surface area (Å²) in [5.74, 6) is -0.684. The lowest BCUT2D eigenvalue weighted by molar-refractivity contribution is -0.167. The van der Waals surface area contributed by atoms with Crippen LogP contribution in [0.5, 0.6) is 11.5 Å². The van der Waals surface area contributed by atoms with Crippen LogP contribution in [0.3, 0.4) is 0 Å². The summed E-state index contributed by atoms with van der Waals surface area (Å²) in [7, 11) is 0. The maximum Gasteiger partial charge on any atom is 0.307 e. The highest BCUT2D eigenvalue weighted by atomic mass is 16.5. The molecule has 9 heteroatoms. The number of ketones is 1. The minimum absolute atomic E-state index is 0.0489. The van der Waals surface area contributed by atoms with Crippen molar-refractivity contribution in [1.82, 2.24) is 10.2 Å². The minimum atomic E-state index is -1.55. The van der Waals surface area contributed by atoms with Crippen LogP contribution in [0.15, 0.2) is 18.2 Å². The van der Waals surface area contributed by atoms with Gasteiger partial charge in [-0.3, -0.25) is 19.3 Å². The summed E-state index contributed by atoms with van der Waals surface area (Å²) in [6.45, 7) is 43.4. The van der Waals surface area contributed by atoms with E-state index in [1.807, 2.05) is 32.0 Å². The van der Waals surface area contributed by atoms with Crippen molar-refractivity contribution in [3.63, 3.8) is 0 Å². The van der Waals surface area contributed by atoms with Crippen molar-refractivity contribution >= 4 is 17.7 Å². The summed E-state index contributed by atoms with van der Waals surface area (Å²) in [6.07, 6.45) is 7.89. The molecule has 2 aliphatic rings. The van der Waals surface area contributed by atoms with Crippen molar-refractivity contribution in [3.05, 3.63) is 57.1 Å². The molecule has 1 atom stereocenters. The van der Waals surface area contributed by atoms with Crippen molar-refractivity contribution in [2.24, 2.45) is 5.41 Å². The molecule has 0 amide bonds. The summed E-state index contributed by atoms with van der Waals surface area (Å²) < 4.78 is 13.0. The second-order valence-electron chi connectivity index (χ2n) is 27.4. The number of aromatic hydroxyl groups is 2. The molecular formula is C61H100N2O7. The molecule has 2 saturated heterocycles. The molecule has 0 aliphatic carbocycles. The molecular weight excluding hydrogens is 873 g/mol. The van der Waals surface area contributed by atoms with E-state index in [-0.39, 0.29) is 87.5 Å². The summed E-state index contributed by atoms with van der Waals surface area (Å²) in [5, 5.41) is 27.2. The zero-order valence-electron chi connectivity index (χ0n) is 48.1. The van der Waals surface area contributed by atoms with Crippen molar-refractivity contribution in [2.45, 2.75) is 285 Å². The van der Waals surface area contributed by atoms with Crippen LogP contribution in [0.2, 0.25) is 0 Å². The number of unbranched alkanes of at least 4 members (excludes halogenated alkanes) is 3. The summed E-state index contributed by atoms with van der Waals surface area (Å²) in [6, 6.07) is 6.08. The van der Waals surface area contributed by atoms with E-state index in [1.54, 1.807) is 0 Å². The highest BCUT2D eigenvalue weighted by molar-refractivity contribution is 5.93. The van der Waals surface area contributed by atoms with Crippen LogP contribution >= 0.6 is 0 Å². The number of carbonyl (C=O) groups excluding carboxylic acids is 3. The number of carbonyl (C=O) groups is 3. The van der Waals surface area contributed by atoms with E-state index in [1.165, 1.54) is 0 Å². The first-order chi connectivity index (χ1) is 31.9. The fourth-order valence-electron chi connectivity index (χ4n) is 12.6. The second-order valence-corrected chi connectivity index (χ2v) is 27.4. The van der Waals surface area contributed by atoms with Crippen LogP contribution in [-0.4, -0.2) is 73.7 Å². The van der Waals surface area contributed by atoms with E-state index in [0.29, 0.717) is 32.1 Å². The monoisotopic (exact) mass is 973 g/mol. The number of nitrogens with one attached hydrogen (secondary N) is 1. The van der Waals surface area contributed by atoms with E-state index in [2.05, 4.69) is 135 Å². The normalized spacial score (nSPS) is 19.7. The quantitative estimate of drug-likeness (QED) is 0.0878. The van der Waals surface area contributed by atoms with Gasteiger partial charge < -0.3 is 25.0 Å². The van der Waals surface area contributed by atoms with E-state index in [9.17, 15) is 15.0 Å². The number of nitrogens with zero attached hydrogens (tertiary/aromatic N) is 1. The Labute approximate surface area is 426 Å². The highest BCUT2D eigenvalue weighted by Crippen LogP contribution is 2.46. The standard InChI is InChI=1S/C61H100N2O7/c1-21-23-24-25-28-56(11,12)48-32-43(40(3)41(4)52(48)67)33-61(38-50(65)69-44-34-57(13,14)62-58(15,16)35-44,39-51(66)70-45-36-59(17,18)63(29-22-2)60(19,20)37-45)49(64)27-26-42-30-46(54(5,6)7)53(68)47(31-42)55(8,9)10/h30-32,44-45,62,67-68H,21-29,33-39H2,1-20H3. The number of Topliss-reactive ketones (excluding diaryl/α,β-unsaturated/α-hetero) is 1. The third-order valence-electron chi connectivity index (χ3n) is 16.0. The number of aryl methyl sites for hydroxylation is 1. The minimum Gasteiger partial charge on any atom is -0.507 e. The van der Waals surface area contributed by atoms with Crippen LogP contribution in [0.25, 0.3) is 0 Å². The van der Waals surface area contributed by atoms with Gasteiger partial charge in [0.1, 0.15) is 29.5 Å². The van der Waals surface area contributed by atoms with E-state index in [4.69, 9.17) is 9.47 Å². The number of hydrogen-bond donors (Lipinski definition) is 3. The van der Waals surface area contributed by atoms with E-state index >= 15 is 9.59 Å². The van der Waals surface area contributed by atoms with Gasteiger partial charge in [0.2, 0.25) is 0 Å². The Hall–Kier alpha value is -3.43.